The molecule has 0 aromatic heterocycles. The molecule has 0 aliphatic carbocycles. The van der Waals surface area contributed by atoms with Crippen molar-refractivity contribution in [1.82, 2.24) is 15.1 Å². The highest BCUT2D eigenvalue weighted by Gasteiger charge is 2.61. The molecule has 286 valence electrons. The van der Waals surface area contributed by atoms with Gasteiger partial charge in [-0.25, -0.2) is 4.79 Å². The smallest absolute Gasteiger partial charge is 0.331 e. The van der Waals surface area contributed by atoms with E-state index in [1.54, 1.807) is 12.1 Å². The van der Waals surface area contributed by atoms with Crippen LogP contribution in [0.5, 0.6) is 34.5 Å². The monoisotopic (exact) mass is 761 g/mol. The van der Waals surface area contributed by atoms with E-state index in [4.69, 9.17) is 23.7 Å². The summed E-state index contributed by atoms with van der Waals surface area (Å²) in [5.41, 5.74) is 4.48. The number of nitrogens with one attached hydrogen (secondary N) is 1. The third-order valence-corrected chi connectivity index (χ3v) is 13.8. The van der Waals surface area contributed by atoms with Gasteiger partial charge in [-0.05, 0) is 68.1 Å². The number of aliphatic hydroxyl groups is 2. The Morgan fingerprint density at radius 3 is 2.59 bits per heavy atom. The first-order valence-corrected chi connectivity index (χ1v) is 19.2. The molecule has 15 heteroatoms. The topological polar surface area (TPSA) is 180 Å². The lowest BCUT2D eigenvalue weighted by Gasteiger charge is -2.62. The van der Waals surface area contributed by atoms with Crippen LogP contribution >= 0.6 is 11.8 Å². The first kappa shape index (κ1) is 35.5. The molecule has 14 nitrogen and oxygen atoms in total. The summed E-state index contributed by atoms with van der Waals surface area (Å²) in [6, 6.07) is 3.01. The van der Waals surface area contributed by atoms with Gasteiger partial charge in [-0.2, -0.15) is 0 Å². The number of rotatable bonds is 3. The van der Waals surface area contributed by atoms with Gasteiger partial charge >= 0.3 is 11.9 Å². The van der Waals surface area contributed by atoms with Crippen molar-refractivity contribution >= 4 is 23.7 Å². The molecule has 3 aromatic rings. The first-order chi connectivity index (χ1) is 25.9. The van der Waals surface area contributed by atoms with Gasteiger partial charge in [0.25, 0.3) is 0 Å². The third kappa shape index (κ3) is 4.78. The van der Waals surface area contributed by atoms with Crippen LogP contribution in [0.3, 0.4) is 0 Å². The van der Waals surface area contributed by atoms with Gasteiger partial charge in [-0.15, -0.1) is 11.8 Å². The van der Waals surface area contributed by atoms with Gasteiger partial charge in [-0.3, -0.25) is 19.9 Å². The molecule has 7 aliphatic rings. The molecule has 7 heterocycles. The SMILES string of the molecule is COc1c(C)cc2c(c1O)[C@@H]1[C@@H]3[C@@H]4SC[C@]5(NCCc6cc(O)c(CO)cc65)C(=O)OCC(c5c6c(c(C)c(OC(C)=O)c54)OCO6)N3[C@@H](O)[C@H](C2)N1C. The second kappa shape index (κ2) is 12.6. The number of phenols is 2. The molecule has 54 heavy (non-hydrogen) atoms. The van der Waals surface area contributed by atoms with E-state index in [-0.39, 0.29) is 36.2 Å². The van der Waals surface area contributed by atoms with Crippen molar-refractivity contribution in [2.45, 2.75) is 81.4 Å². The minimum atomic E-state index is -1.39. The quantitative estimate of drug-likeness (QED) is 0.194. The van der Waals surface area contributed by atoms with Crippen molar-refractivity contribution in [3.05, 3.63) is 68.3 Å². The average Bonchev–Trinajstić information content (AvgIpc) is 3.63. The van der Waals surface area contributed by atoms with E-state index in [0.717, 1.165) is 16.7 Å². The Labute approximate surface area is 315 Å². The lowest BCUT2D eigenvalue weighted by Crippen LogP contribution is -2.70. The number of piperazine rings is 1. The lowest BCUT2D eigenvalue weighted by molar-refractivity contribution is -0.186. The van der Waals surface area contributed by atoms with Gasteiger partial charge in [0.1, 0.15) is 24.3 Å². The number of thioether (sulfide) groups is 1. The van der Waals surface area contributed by atoms with Crippen molar-refractivity contribution in [2.24, 2.45) is 0 Å². The Morgan fingerprint density at radius 1 is 1.07 bits per heavy atom. The van der Waals surface area contributed by atoms with E-state index < -0.39 is 59.7 Å². The fourth-order valence-corrected chi connectivity index (χ4v) is 11.7. The number of likely N-dealkylation sites (N-methyl/N-ethyl adjacent to an activating group) is 1. The molecule has 7 atom stereocenters. The summed E-state index contributed by atoms with van der Waals surface area (Å²) in [7, 11) is 3.48. The zero-order chi connectivity index (χ0) is 38.0. The minimum absolute atomic E-state index is 0.0292. The number of hydrogen-bond donors (Lipinski definition) is 5. The second-order valence-electron chi connectivity index (χ2n) is 15.0. The molecule has 2 fully saturated rings. The number of nitrogens with zero attached hydrogens (tertiary/aromatic N) is 2. The molecular weight excluding hydrogens is 719 g/mol. The van der Waals surface area contributed by atoms with Crippen LogP contribution in [0.4, 0.5) is 0 Å². The van der Waals surface area contributed by atoms with Crippen LogP contribution < -0.4 is 24.3 Å². The van der Waals surface area contributed by atoms with Crippen molar-refractivity contribution < 1.29 is 53.7 Å². The number of carbonyl (C=O) groups excluding carboxylic acids is 2. The summed E-state index contributed by atoms with van der Waals surface area (Å²) in [4.78, 5) is 31.7. The third-order valence-electron chi connectivity index (χ3n) is 12.3. The molecule has 3 aromatic carbocycles. The Morgan fingerprint density at radius 2 is 1.85 bits per heavy atom. The summed E-state index contributed by atoms with van der Waals surface area (Å²) in [5, 5.41) is 48.2. The molecule has 0 amide bonds. The first-order valence-electron chi connectivity index (χ1n) is 18.1. The number of aryl methyl sites for hydroxylation is 1. The summed E-state index contributed by atoms with van der Waals surface area (Å²) in [6.45, 7) is 4.76. The average molecular weight is 762 g/mol. The van der Waals surface area contributed by atoms with E-state index in [9.17, 15) is 30.0 Å². The number of phenolic OH excluding ortho intramolecular Hbond substituents is 1. The number of methoxy groups -OCH3 is 1. The van der Waals surface area contributed by atoms with Gasteiger partial charge in [0, 0.05) is 53.1 Å². The van der Waals surface area contributed by atoms with E-state index in [2.05, 4.69) is 10.2 Å². The van der Waals surface area contributed by atoms with Crippen LogP contribution in [0.25, 0.3) is 0 Å². The van der Waals surface area contributed by atoms with Gasteiger partial charge in [0.2, 0.25) is 6.79 Å². The maximum atomic E-state index is 14.7. The molecule has 0 radical (unpaired) electrons. The number of esters is 2. The maximum Gasteiger partial charge on any atom is 0.331 e. The van der Waals surface area contributed by atoms with Gasteiger partial charge in [-0.1, -0.05) is 6.07 Å². The molecule has 10 rings (SSSR count). The van der Waals surface area contributed by atoms with Crippen LogP contribution in [0.2, 0.25) is 0 Å². The molecule has 1 unspecified atom stereocenters. The van der Waals surface area contributed by atoms with Gasteiger partial charge in [0.05, 0.1) is 37.1 Å². The Hall–Kier alpha value is -4.25. The fraction of sp³-hybridized carbons (Fsp3) is 0.487. The molecule has 0 saturated carbocycles. The van der Waals surface area contributed by atoms with Crippen LogP contribution in [-0.2, 0) is 39.3 Å². The molecular formula is C39H43N3O11S. The summed E-state index contributed by atoms with van der Waals surface area (Å²) in [5.74, 6) is 0.579. The van der Waals surface area contributed by atoms with Gasteiger partial charge in [0.15, 0.2) is 28.5 Å². The maximum absolute atomic E-state index is 14.7. The summed E-state index contributed by atoms with van der Waals surface area (Å²) in [6.07, 6.45) is -0.0741. The van der Waals surface area contributed by atoms with Crippen molar-refractivity contribution in [1.29, 1.82) is 0 Å². The number of fused-ring (bicyclic) bond motifs is 9. The Bertz CT molecular complexity index is 2130. The number of aliphatic hydroxyl groups excluding tert-OH is 2. The highest BCUT2D eigenvalue weighted by molar-refractivity contribution is 7.99. The number of benzene rings is 3. The predicted octanol–water partition coefficient (Wildman–Crippen LogP) is 2.90. The largest absolute Gasteiger partial charge is 0.508 e. The van der Waals surface area contributed by atoms with Gasteiger partial charge < -0.3 is 44.1 Å². The Balaban J connectivity index is 1.32. The van der Waals surface area contributed by atoms with Crippen molar-refractivity contribution in [3.63, 3.8) is 0 Å². The highest BCUT2D eigenvalue weighted by atomic mass is 32.2. The zero-order valence-corrected chi connectivity index (χ0v) is 31.4. The van der Waals surface area contributed by atoms with Crippen LogP contribution in [-0.4, -0.2) is 100 Å². The Kier molecular flexibility index (Phi) is 8.30. The molecule has 5 N–H and O–H groups in total. The minimum Gasteiger partial charge on any atom is -0.508 e. The van der Waals surface area contributed by atoms with E-state index in [0.29, 0.717) is 70.2 Å². The second-order valence-corrected chi connectivity index (χ2v) is 16.2. The summed E-state index contributed by atoms with van der Waals surface area (Å²) < 4.78 is 30.4. The van der Waals surface area contributed by atoms with E-state index >= 15 is 0 Å². The zero-order valence-electron chi connectivity index (χ0n) is 30.6. The fourth-order valence-electron chi connectivity index (χ4n) is 10.0. The van der Waals surface area contributed by atoms with Crippen LogP contribution in [0.1, 0.15) is 74.3 Å². The predicted molar refractivity (Wildman–Crippen MR) is 194 cm³/mol. The normalized spacial score (nSPS) is 29.5. The molecule has 2 saturated heterocycles. The lowest BCUT2D eigenvalue weighted by atomic mass is 9.73. The number of aromatic hydroxyl groups is 2. The number of ether oxygens (including phenoxy) is 5. The molecule has 4 bridgehead atoms. The van der Waals surface area contributed by atoms with E-state index in [1.807, 2.05) is 31.9 Å². The van der Waals surface area contributed by atoms with E-state index in [1.165, 1.54) is 25.8 Å². The van der Waals surface area contributed by atoms with Crippen molar-refractivity contribution in [2.75, 3.05) is 39.9 Å². The summed E-state index contributed by atoms with van der Waals surface area (Å²) >= 11 is 1.45. The van der Waals surface area contributed by atoms with Crippen LogP contribution in [0, 0.1) is 13.8 Å². The highest BCUT2D eigenvalue weighted by Crippen LogP contribution is 2.64. The standard InChI is InChI=1S/C39H43N3O11S/c1-16-8-20-10-23-37(47)42-24-13-50-38(48)39(22-9-21(12-43)25(45)11-19(22)6-7-40-39)14-54-36(30(42)29(41(23)4)26(20)31(46)32(16)49-5)28-27(24)35-34(51-15-52-35)17(2)33(28)53-18(3)44/h8-9,11,23-24,29-30,36-37,40,43,45-47H,6-7,10,12-15H2,1-5H3/t23-,24?,29+,30+,36+,37-,39+/m0/s1. The molecule has 1 spiro atoms. The number of carbonyl (C=O) groups is 2. The van der Waals surface area contributed by atoms with Crippen molar-refractivity contribution in [3.8, 4) is 34.5 Å². The number of hydrogen-bond acceptors (Lipinski definition) is 15. The van der Waals surface area contributed by atoms with Crippen LogP contribution in [0.15, 0.2) is 18.2 Å². The molecule has 7 aliphatic heterocycles.